The molecular weight excluding hydrogens is 228 g/mol. The maximum Gasteiger partial charge on any atom is 0.226 e. The molecule has 0 saturated heterocycles. The SMILES string of the molecule is CN1C(=O)CCCc2ccc(OCCCN)cc21. The number of benzene rings is 1. The van der Waals surface area contributed by atoms with Crippen LogP contribution in [0.15, 0.2) is 18.2 Å². The van der Waals surface area contributed by atoms with Crippen molar-refractivity contribution in [3.8, 4) is 5.75 Å². The van der Waals surface area contributed by atoms with E-state index in [9.17, 15) is 4.79 Å². The molecule has 0 aromatic heterocycles. The second kappa shape index (κ2) is 5.87. The first kappa shape index (κ1) is 12.9. The van der Waals surface area contributed by atoms with E-state index in [0.29, 0.717) is 19.6 Å². The number of anilines is 1. The molecule has 1 aromatic carbocycles. The zero-order valence-electron chi connectivity index (χ0n) is 10.8. The Bertz CT molecular complexity index is 432. The third-order valence-electron chi connectivity index (χ3n) is 3.25. The molecule has 4 heteroatoms. The highest BCUT2D eigenvalue weighted by atomic mass is 16.5. The number of amides is 1. The number of rotatable bonds is 4. The Morgan fingerprint density at radius 2 is 2.22 bits per heavy atom. The number of carbonyl (C=O) groups excluding carboxylic acids is 1. The minimum Gasteiger partial charge on any atom is -0.493 e. The molecule has 2 N–H and O–H groups in total. The fourth-order valence-electron chi connectivity index (χ4n) is 2.16. The summed E-state index contributed by atoms with van der Waals surface area (Å²) in [4.78, 5) is 13.6. The van der Waals surface area contributed by atoms with E-state index in [2.05, 4.69) is 6.07 Å². The van der Waals surface area contributed by atoms with E-state index in [0.717, 1.165) is 30.7 Å². The minimum atomic E-state index is 0.174. The van der Waals surface area contributed by atoms with Crippen LogP contribution in [0.4, 0.5) is 5.69 Å². The Hall–Kier alpha value is -1.55. The van der Waals surface area contributed by atoms with Crippen LogP contribution in [0.25, 0.3) is 0 Å². The third-order valence-corrected chi connectivity index (χ3v) is 3.25. The first-order valence-corrected chi connectivity index (χ1v) is 6.44. The summed E-state index contributed by atoms with van der Waals surface area (Å²) in [6.07, 6.45) is 3.33. The summed E-state index contributed by atoms with van der Waals surface area (Å²) in [5.41, 5.74) is 7.62. The van der Waals surface area contributed by atoms with Crippen molar-refractivity contribution in [1.29, 1.82) is 0 Å². The number of nitrogens with zero attached hydrogens (tertiary/aromatic N) is 1. The molecule has 0 aliphatic carbocycles. The van der Waals surface area contributed by atoms with E-state index >= 15 is 0 Å². The highest BCUT2D eigenvalue weighted by Crippen LogP contribution is 2.29. The van der Waals surface area contributed by atoms with Gasteiger partial charge in [-0.05, 0) is 37.4 Å². The summed E-state index contributed by atoms with van der Waals surface area (Å²) in [7, 11) is 1.83. The molecule has 98 valence electrons. The van der Waals surface area contributed by atoms with Gasteiger partial charge in [-0.25, -0.2) is 0 Å². The van der Waals surface area contributed by atoms with Gasteiger partial charge in [0.25, 0.3) is 0 Å². The van der Waals surface area contributed by atoms with Crippen LogP contribution in [0.3, 0.4) is 0 Å². The third kappa shape index (κ3) is 2.82. The molecule has 0 fully saturated rings. The Morgan fingerprint density at radius 3 is 3.00 bits per heavy atom. The minimum absolute atomic E-state index is 0.174. The van der Waals surface area contributed by atoms with Crippen molar-refractivity contribution < 1.29 is 9.53 Å². The highest BCUT2D eigenvalue weighted by molar-refractivity contribution is 5.94. The predicted octanol–water partition coefficient (Wildman–Crippen LogP) is 1.71. The van der Waals surface area contributed by atoms with Gasteiger partial charge < -0.3 is 15.4 Å². The van der Waals surface area contributed by atoms with Crippen molar-refractivity contribution in [2.24, 2.45) is 5.73 Å². The van der Waals surface area contributed by atoms with Gasteiger partial charge in [0.2, 0.25) is 5.91 Å². The van der Waals surface area contributed by atoms with Crippen molar-refractivity contribution in [2.45, 2.75) is 25.7 Å². The number of aryl methyl sites for hydroxylation is 1. The van der Waals surface area contributed by atoms with Gasteiger partial charge in [-0.3, -0.25) is 4.79 Å². The summed E-state index contributed by atoms with van der Waals surface area (Å²) in [6.45, 7) is 1.25. The molecule has 1 aromatic rings. The van der Waals surface area contributed by atoms with Crippen LogP contribution in [0.1, 0.15) is 24.8 Å². The first-order chi connectivity index (χ1) is 8.72. The highest BCUT2D eigenvalue weighted by Gasteiger charge is 2.19. The van der Waals surface area contributed by atoms with E-state index in [1.165, 1.54) is 5.56 Å². The lowest BCUT2D eigenvalue weighted by molar-refractivity contribution is -0.118. The van der Waals surface area contributed by atoms with Crippen LogP contribution < -0.4 is 15.4 Å². The topological polar surface area (TPSA) is 55.6 Å². The zero-order valence-corrected chi connectivity index (χ0v) is 10.8. The van der Waals surface area contributed by atoms with Crippen molar-refractivity contribution in [1.82, 2.24) is 0 Å². The average Bonchev–Trinajstić information content (AvgIpc) is 2.51. The number of nitrogens with two attached hydrogens (primary N) is 1. The lowest BCUT2D eigenvalue weighted by Crippen LogP contribution is -2.25. The molecule has 0 spiro atoms. The van der Waals surface area contributed by atoms with Gasteiger partial charge in [-0.15, -0.1) is 0 Å². The summed E-state index contributed by atoms with van der Waals surface area (Å²) in [5.74, 6) is 0.983. The van der Waals surface area contributed by atoms with Crippen molar-refractivity contribution in [3.63, 3.8) is 0 Å². The number of hydrogen-bond acceptors (Lipinski definition) is 3. The molecule has 1 aliphatic heterocycles. The van der Waals surface area contributed by atoms with E-state index in [1.54, 1.807) is 4.90 Å². The van der Waals surface area contributed by atoms with Gasteiger partial charge in [-0.2, -0.15) is 0 Å². The van der Waals surface area contributed by atoms with Gasteiger partial charge in [0.05, 0.1) is 12.3 Å². The van der Waals surface area contributed by atoms with Crippen LogP contribution in [0.5, 0.6) is 5.75 Å². The summed E-state index contributed by atoms with van der Waals surface area (Å²) in [6, 6.07) is 5.98. The molecule has 1 heterocycles. The van der Waals surface area contributed by atoms with Crippen molar-refractivity contribution >= 4 is 11.6 Å². The van der Waals surface area contributed by atoms with Gasteiger partial charge in [0, 0.05) is 19.5 Å². The largest absolute Gasteiger partial charge is 0.493 e. The Kier molecular flexibility index (Phi) is 4.20. The van der Waals surface area contributed by atoms with Crippen molar-refractivity contribution in [3.05, 3.63) is 23.8 Å². The molecule has 4 nitrogen and oxygen atoms in total. The lowest BCUT2D eigenvalue weighted by Gasteiger charge is -2.18. The van der Waals surface area contributed by atoms with Crippen LogP contribution in [0.2, 0.25) is 0 Å². The fourth-order valence-corrected chi connectivity index (χ4v) is 2.16. The van der Waals surface area contributed by atoms with Gasteiger partial charge in [0.15, 0.2) is 0 Å². The molecule has 2 rings (SSSR count). The van der Waals surface area contributed by atoms with Crippen LogP contribution >= 0.6 is 0 Å². The van der Waals surface area contributed by atoms with Gasteiger partial charge in [-0.1, -0.05) is 6.07 Å². The van der Waals surface area contributed by atoms with E-state index < -0.39 is 0 Å². The van der Waals surface area contributed by atoms with Crippen LogP contribution in [0, 0.1) is 0 Å². The number of hydrogen-bond donors (Lipinski definition) is 1. The van der Waals surface area contributed by atoms with E-state index in [-0.39, 0.29) is 5.91 Å². The smallest absolute Gasteiger partial charge is 0.226 e. The molecule has 18 heavy (non-hydrogen) atoms. The normalized spacial score (nSPS) is 15.2. The van der Waals surface area contributed by atoms with Gasteiger partial charge >= 0.3 is 0 Å². The number of fused-ring (bicyclic) bond motifs is 1. The Balaban J connectivity index is 2.18. The zero-order chi connectivity index (χ0) is 13.0. The monoisotopic (exact) mass is 248 g/mol. The Labute approximate surface area is 108 Å². The molecule has 0 bridgehead atoms. The summed E-state index contributed by atoms with van der Waals surface area (Å²) in [5, 5.41) is 0. The van der Waals surface area contributed by atoms with Gasteiger partial charge in [0.1, 0.15) is 5.75 Å². The average molecular weight is 248 g/mol. The maximum atomic E-state index is 11.8. The quantitative estimate of drug-likeness (QED) is 0.825. The molecular formula is C14H20N2O2. The molecule has 0 radical (unpaired) electrons. The summed E-state index contributed by atoms with van der Waals surface area (Å²) >= 11 is 0. The molecule has 0 saturated carbocycles. The second-order valence-corrected chi connectivity index (χ2v) is 4.59. The molecule has 1 amide bonds. The van der Waals surface area contributed by atoms with Crippen LogP contribution in [-0.4, -0.2) is 26.1 Å². The molecule has 0 unspecified atom stereocenters. The lowest BCUT2D eigenvalue weighted by atomic mass is 10.1. The van der Waals surface area contributed by atoms with E-state index in [1.807, 2.05) is 19.2 Å². The Morgan fingerprint density at radius 1 is 1.39 bits per heavy atom. The standard InChI is InChI=1S/C14H20N2O2/c1-16-13-10-12(18-9-3-8-15)7-6-11(13)4-2-5-14(16)17/h6-7,10H,2-5,8-9,15H2,1H3. The predicted molar refractivity (Wildman–Crippen MR) is 72.0 cm³/mol. The number of carbonyl (C=O) groups is 1. The summed E-state index contributed by atoms with van der Waals surface area (Å²) < 4.78 is 5.62. The molecule has 0 atom stereocenters. The maximum absolute atomic E-state index is 11.8. The fraction of sp³-hybridized carbons (Fsp3) is 0.500. The number of ether oxygens (including phenoxy) is 1. The van der Waals surface area contributed by atoms with Crippen molar-refractivity contribution in [2.75, 3.05) is 25.1 Å². The first-order valence-electron chi connectivity index (χ1n) is 6.44. The van der Waals surface area contributed by atoms with Crippen LogP contribution in [-0.2, 0) is 11.2 Å². The second-order valence-electron chi connectivity index (χ2n) is 4.59. The molecule has 1 aliphatic rings. The van der Waals surface area contributed by atoms with E-state index in [4.69, 9.17) is 10.5 Å².